The third-order valence-corrected chi connectivity index (χ3v) is 6.83. The first-order valence-corrected chi connectivity index (χ1v) is 13.1. The fourth-order valence-corrected chi connectivity index (χ4v) is 4.95. The van der Waals surface area contributed by atoms with E-state index in [-0.39, 0.29) is 12.5 Å². The molecule has 38 heavy (non-hydrogen) atoms. The number of hydrogen-bond donors (Lipinski definition) is 3. The molecule has 0 unspecified atom stereocenters. The van der Waals surface area contributed by atoms with Gasteiger partial charge in [0.25, 0.3) is 11.8 Å². The number of nitrogens with one attached hydrogen (secondary N) is 3. The maximum absolute atomic E-state index is 13.2. The van der Waals surface area contributed by atoms with Gasteiger partial charge in [-0.2, -0.15) is 0 Å². The molecule has 194 valence electrons. The summed E-state index contributed by atoms with van der Waals surface area (Å²) in [4.78, 5) is 27.4. The van der Waals surface area contributed by atoms with Crippen molar-refractivity contribution in [2.24, 2.45) is 0 Å². The molecule has 2 aromatic carbocycles. The molecule has 1 saturated heterocycles. The summed E-state index contributed by atoms with van der Waals surface area (Å²) in [5.41, 5.74) is 6.49. The maximum Gasteiger partial charge on any atom is 0.296 e. The highest BCUT2D eigenvalue weighted by Gasteiger charge is 2.29. The zero-order valence-electron chi connectivity index (χ0n) is 21.3. The minimum absolute atomic E-state index is 0.0663. The second kappa shape index (κ2) is 11.9. The number of benzene rings is 2. The highest BCUT2D eigenvalue weighted by Crippen LogP contribution is 2.37. The lowest BCUT2D eigenvalue weighted by molar-refractivity contribution is -0.115. The molecule has 2 aromatic rings. The first-order valence-electron chi connectivity index (χ1n) is 13.1. The van der Waals surface area contributed by atoms with E-state index in [1.54, 1.807) is 12.1 Å². The van der Waals surface area contributed by atoms with Crippen molar-refractivity contribution in [2.75, 3.05) is 36.9 Å². The van der Waals surface area contributed by atoms with Crippen molar-refractivity contribution in [3.63, 3.8) is 0 Å². The molecule has 6 nitrogen and oxygen atoms in total. The summed E-state index contributed by atoms with van der Waals surface area (Å²) in [5, 5.41) is 8.86. The van der Waals surface area contributed by atoms with Crippen LogP contribution in [-0.4, -0.2) is 43.0 Å². The predicted octanol–water partition coefficient (Wildman–Crippen LogP) is 4.77. The van der Waals surface area contributed by atoms with Crippen molar-refractivity contribution in [3.05, 3.63) is 88.7 Å². The Bertz CT molecular complexity index is 1370. The maximum atomic E-state index is 13.2. The van der Waals surface area contributed by atoms with Gasteiger partial charge in [-0.15, -0.1) is 0 Å². The van der Waals surface area contributed by atoms with Crippen LogP contribution in [0.3, 0.4) is 0 Å². The van der Waals surface area contributed by atoms with Crippen molar-refractivity contribution < 1.29 is 14.0 Å². The normalized spacial score (nSPS) is 17.7. The molecule has 3 aliphatic rings. The van der Waals surface area contributed by atoms with Crippen LogP contribution in [0, 0.1) is 11.8 Å². The van der Waals surface area contributed by atoms with Crippen LogP contribution in [0.1, 0.15) is 42.4 Å². The lowest BCUT2D eigenvalue weighted by Crippen LogP contribution is -2.23. The van der Waals surface area contributed by atoms with Gasteiger partial charge in [0.15, 0.2) is 0 Å². The number of carbonyl (C=O) groups is 2. The van der Waals surface area contributed by atoms with Crippen LogP contribution in [0.25, 0.3) is 5.57 Å². The number of alkyl halides is 1. The Labute approximate surface area is 222 Å². The Kier molecular flexibility index (Phi) is 8.01. The first kappa shape index (κ1) is 25.5. The van der Waals surface area contributed by atoms with Gasteiger partial charge >= 0.3 is 0 Å². The minimum atomic E-state index is -0.641. The smallest absolute Gasteiger partial charge is 0.296 e. The number of carbonyl (C=O) groups excluding carboxylic acids is 2. The van der Waals surface area contributed by atoms with Crippen molar-refractivity contribution >= 4 is 28.8 Å². The van der Waals surface area contributed by atoms with E-state index in [4.69, 9.17) is 0 Å². The van der Waals surface area contributed by atoms with E-state index in [1.165, 1.54) is 18.4 Å². The van der Waals surface area contributed by atoms with E-state index in [0.717, 1.165) is 55.0 Å². The lowest BCUT2D eigenvalue weighted by Gasteiger charge is -2.18. The van der Waals surface area contributed by atoms with Gasteiger partial charge in [-0.05, 0) is 74.2 Å². The monoisotopic (exact) mass is 510 g/mol. The molecule has 3 N–H and O–H groups in total. The first-order chi connectivity index (χ1) is 18.6. The van der Waals surface area contributed by atoms with Gasteiger partial charge in [0.05, 0.1) is 17.0 Å². The van der Waals surface area contributed by atoms with Gasteiger partial charge in [0.2, 0.25) is 0 Å². The molecule has 2 aliphatic heterocycles. The molecule has 7 heteroatoms. The number of rotatable bonds is 7. The second-order valence-electron chi connectivity index (χ2n) is 9.60. The number of nitrogens with zero attached hydrogens (tertiary/aromatic N) is 1. The average molecular weight is 511 g/mol. The third kappa shape index (κ3) is 6.04. The van der Waals surface area contributed by atoms with Crippen LogP contribution in [0.4, 0.5) is 15.8 Å². The van der Waals surface area contributed by atoms with Gasteiger partial charge in [-0.3, -0.25) is 14.5 Å². The minimum Gasteiger partial charge on any atom is -0.354 e. The summed E-state index contributed by atoms with van der Waals surface area (Å²) in [7, 11) is 0. The Morgan fingerprint density at radius 1 is 1.08 bits per heavy atom. The van der Waals surface area contributed by atoms with Crippen LogP contribution in [0.15, 0.2) is 72.0 Å². The fraction of sp³-hybridized carbons (Fsp3) is 0.290. The Balaban J connectivity index is 1.43. The van der Waals surface area contributed by atoms with E-state index in [1.807, 2.05) is 6.07 Å². The molecule has 0 saturated carbocycles. The number of allylic oxidation sites excluding steroid dienone is 3. The van der Waals surface area contributed by atoms with Crippen molar-refractivity contribution in [3.8, 4) is 11.8 Å². The second-order valence-corrected chi connectivity index (χ2v) is 9.60. The summed E-state index contributed by atoms with van der Waals surface area (Å²) in [5.74, 6) is 4.50. The molecular weight excluding hydrogens is 479 g/mol. The van der Waals surface area contributed by atoms with Gasteiger partial charge in [0, 0.05) is 35.8 Å². The molecule has 0 bridgehead atoms. The Hall–Kier alpha value is -4.15. The van der Waals surface area contributed by atoms with Crippen LogP contribution in [0.2, 0.25) is 0 Å². The Morgan fingerprint density at radius 2 is 1.89 bits per heavy atom. The molecule has 2 amide bonds. The van der Waals surface area contributed by atoms with Crippen molar-refractivity contribution in [1.29, 1.82) is 0 Å². The molecule has 2 heterocycles. The molecule has 1 fully saturated rings. The highest BCUT2D eigenvalue weighted by atomic mass is 19.1. The van der Waals surface area contributed by atoms with Crippen LogP contribution < -0.4 is 16.0 Å². The van der Waals surface area contributed by atoms with E-state index >= 15 is 0 Å². The van der Waals surface area contributed by atoms with Gasteiger partial charge in [-0.25, -0.2) is 4.39 Å². The average Bonchev–Trinajstić information content (AvgIpc) is 3.57. The number of amides is 2. The Morgan fingerprint density at radius 3 is 2.63 bits per heavy atom. The van der Waals surface area contributed by atoms with Gasteiger partial charge in [-0.1, -0.05) is 42.3 Å². The van der Waals surface area contributed by atoms with Crippen LogP contribution >= 0.6 is 0 Å². The zero-order valence-corrected chi connectivity index (χ0v) is 21.3. The highest BCUT2D eigenvalue weighted by molar-refractivity contribution is 6.33. The van der Waals surface area contributed by atoms with Crippen molar-refractivity contribution in [2.45, 2.75) is 32.2 Å². The number of halogens is 1. The molecule has 1 aliphatic carbocycles. The SMILES string of the molecule is O=C(C#Cc1ccc2c(c1)NC(=O)/C2=C(\Nc1ccc(CN2CCCC2)cc1)C1=CCCC=C1)NCCF. The molecule has 5 rings (SSSR count). The molecular formula is C31H31FN4O2. The quantitative estimate of drug-likeness (QED) is 0.371. The van der Waals surface area contributed by atoms with E-state index in [0.29, 0.717) is 16.8 Å². The van der Waals surface area contributed by atoms with Crippen LogP contribution in [-0.2, 0) is 16.1 Å². The van der Waals surface area contributed by atoms with E-state index in [9.17, 15) is 14.0 Å². The fourth-order valence-electron chi connectivity index (χ4n) is 4.95. The molecule has 0 spiro atoms. The van der Waals surface area contributed by atoms with E-state index < -0.39 is 12.6 Å². The van der Waals surface area contributed by atoms with Crippen LogP contribution in [0.5, 0.6) is 0 Å². The largest absolute Gasteiger partial charge is 0.354 e. The third-order valence-electron chi connectivity index (χ3n) is 6.83. The van der Waals surface area contributed by atoms with Gasteiger partial charge < -0.3 is 16.0 Å². The molecule has 0 aromatic heterocycles. The number of hydrogen-bond acceptors (Lipinski definition) is 4. The molecule has 0 radical (unpaired) electrons. The summed E-state index contributed by atoms with van der Waals surface area (Å²) in [6.45, 7) is 2.57. The molecule has 0 atom stereocenters. The zero-order chi connectivity index (χ0) is 26.3. The number of likely N-dealkylation sites (tertiary alicyclic amines) is 1. The topological polar surface area (TPSA) is 73.5 Å². The van der Waals surface area contributed by atoms with Crippen molar-refractivity contribution in [1.82, 2.24) is 10.2 Å². The summed E-state index contributed by atoms with van der Waals surface area (Å²) < 4.78 is 12.2. The summed E-state index contributed by atoms with van der Waals surface area (Å²) in [6.07, 6.45) is 10.8. The van der Waals surface area contributed by atoms with E-state index in [2.05, 4.69) is 75.2 Å². The predicted molar refractivity (Wildman–Crippen MR) is 149 cm³/mol. The summed E-state index contributed by atoms with van der Waals surface area (Å²) in [6, 6.07) is 13.8. The summed E-state index contributed by atoms with van der Waals surface area (Å²) >= 11 is 0. The van der Waals surface area contributed by atoms with Gasteiger partial charge in [0.1, 0.15) is 6.67 Å². The number of fused-ring (bicyclic) bond motifs is 1. The standard InChI is InChI=1S/C31H31FN4O2/c32-16-17-33-28(37)15-11-22-10-14-26-27(20-22)35-31(38)29(26)30(24-6-2-1-3-7-24)34-25-12-8-23(9-13-25)21-36-18-4-5-19-36/h2,6-10,12-14,20,34H,1,3-5,16-19,21H2,(H,33,37)(H,35,38)/b30-29-. The lowest BCUT2D eigenvalue weighted by atomic mass is 9.96. The number of anilines is 2.